The van der Waals surface area contributed by atoms with Crippen LogP contribution in [0.1, 0.15) is 92.1 Å². The van der Waals surface area contributed by atoms with Crippen molar-refractivity contribution >= 4 is 47.3 Å². The van der Waals surface area contributed by atoms with Gasteiger partial charge in [0.25, 0.3) is 5.91 Å². The van der Waals surface area contributed by atoms with Crippen LogP contribution in [0.15, 0.2) is 35.7 Å². The van der Waals surface area contributed by atoms with Gasteiger partial charge in [-0.05, 0) is 43.5 Å². The molecule has 0 spiro atoms. The third-order valence-corrected chi connectivity index (χ3v) is 6.87. The van der Waals surface area contributed by atoms with Crippen LogP contribution in [-0.4, -0.2) is 57.8 Å². The molecule has 0 aliphatic heterocycles. The van der Waals surface area contributed by atoms with E-state index in [9.17, 15) is 19.2 Å². The van der Waals surface area contributed by atoms with Gasteiger partial charge in [-0.2, -0.15) is 0 Å². The molecule has 3 aromatic rings. The lowest BCUT2D eigenvalue weighted by Gasteiger charge is -2.26. The van der Waals surface area contributed by atoms with E-state index in [0.717, 1.165) is 10.9 Å². The number of hydrogen-bond donors (Lipinski definition) is 3. The number of rotatable bonds is 11. The molecule has 3 rings (SSSR count). The van der Waals surface area contributed by atoms with Crippen LogP contribution in [0.3, 0.4) is 0 Å². The van der Waals surface area contributed by atoms with Crippen molar-refractivity contribution in [3.05, 3.63) is 53.1 Å². The monoisotopic (exact) mass is 568 g/mol. The van der Waals surface area contributed by atoms with E-state index in [0.29, 0.717) is 16.1 Å². The Bertz CT molecular complexity index is 1410. The number of ketones is 1. The van der Waals surface area contributed by atoms with E-state index in [1.54, 1.807) is 46.9 Å². The topological polar surface area (TPSA) is 140 Å². The highest BCUT2D eigenvalue weighted by Crippen LogP contribution is 2.39. The number of carbonyl (C=O) groups is 4. The minimum Gasteiger partial charge on any atom is -0.466 e. The zero-order chi connectivity index (χ0) is 29.6. The first kappa shape index (κ1) is 30.8. The van der Waals surface area contributed by atoms with E-state index in [1.807, 2.05) is 13.1 Å². The zero-order valence-electron chi connectivity index (χ0n) is 23.7. The maximum Gasteiger partial charge on any atom is 0.328 e. The number of H-pyrrole nitrogens is 1. The fraction of sp³-hybridized carbons (Fsp3) is 0.448. The number of esters is 2. The predicted molar refractivity (Wildman–Crippen MR) is 153 cm³/mol. The van der Waals surface area contributed by atoms with Crippen molar-refractivity contribution in [3.8, 4) is 0 Å². The number of amides is 1. The number of Topliss-reactive ketones (excluding diaryl/α,β-unsaturated/α-hetero) is 1. The lowest BCUT2D eigenvalue weighted by molar-refractivity contribution is -0.146. The Kier molecular flexibility index (Phi) is 10.1. The second-order valence-electron chi connectivity index (χ2n) is 10.4. The summed E-state index contributed by atoms with van der Waals surface area (Å²) in [7, 11) is 0. The third kappa shape index (κ3) is 6.88. The van der Waals surface area contributed by atoms with Crippen LogP contribution < -0.4 is 5.32 Å². The molecule has 0 aliphatic rings. The lowest BCUT2D eigenvalue weighted by atomic mass is 9.78. The van der Waals surface area contributed by atoms with E-state index in [-0.39, 0.29) is 48.9 Å². The Morgan fingerprint density at radius 2 is 1.80 bits per heavy atom. The van der Waals surface area contributed by atoms with Crippen LogP contribution in [0.4, 0.5) is 0 Å². The van der Waals surface area contributed by atoms with Crippen LogP contribution in [0, 0.1) is 5.41 Å². The summed E-state index contributed by atoms with van der Waals surface area (Å²) in [5.41, 5.74) is 1.53. The molecular weight excluding hydrogens is 532 g/mol. The number of hydrogen-bond acceptors (Lipinski definition) is 9. The Morgan fingerprint density at radius 3 is 2.45 bits per heavy atom. The highest BCUT2D eigenvalue weighted by Gasteiger charge is 2.34. The van der Waals surface area contributed by atoms with E-state index in [4.69, 9.17) is 22.1 Å². The molecule has 0 fully saturated rings. The average molecular weight is 569 g/mol. The number of benzene rings is 1. The van der Waals surface area contributed by atoms with Gasteiger partial charge in [-0.25, -0.2) is 14.8 Å². The number of nitrogens with zero attached hydrogens (tertiary/aromatic N) is 2. The van der Waals surface area contributed by atoms with Gasteiger partial charge >= 0.3 is 11.9 Å². The number of thiol groups is 1. The first-order valence-electron chi connectivity index (χ1n) is 13.2. The van der Waals surface area contributed by atoms with Gasteiger partial charge in [0.05, 0.1) is 18.8 Å². The second kappa shape index (κ2) is 13.1. The molecule has 214 valence electrons. The Labute approximate surface area is 239 Å². The largest absolute Gasteiger partial charge is 0.466 e. The summed E-state index contributed by atoms with van der Waals surface area (Å²) in [4.78, 5) is 64.3. The number of aromatic amines is 1. The minimum absolute atomic E-state index is 0.0186. The molecule has 2 N–H and O–H groups in total. The molecule has 0 radical (unpaired) electrons. The molecule has 1 unspecified atom stereocenters. The molecule has 0 saturated heterocycles. The quantitative estimate of drug-likeness (QED) is 0.173. The number of fused-ring (bicyclic) bond motifs is 1. The standard InChI is InChI=1S/C29H36N4O6S/c1-7-38-22(34)12-10-20(28(37)39-8-2)33-27(36)17-9-11-21(40)23(24(17)25(35)29(4,5)6)16(3)18-14-31-26-19(18)13-30-15-32-26/h9,11,13-16,20,40H,7-8,10,12H2,1-6H3,(H,33,36)(H,30,31,32)/t16?,20-/m0/s1. The van der Waals surface area contributed by atoms with E-state index in [2.05, 4.69) is 20.3 Å². The van der Waals surface area contributed by atoms with Gasteiger partial charge < -0.3 is 19.8 Å². The summed E-state index contributed by atoms with van der Waals surface area (Å²) in [5, 5.41) is 3.47. The van der Waals surface area contributed by atoms with Crippen molar-refractivity contribution in [2.75, 3.05) is 13.2 Å². The molecule has 11 heteroatoms. The number of aromatic nitrogens is 3. The summed E-state index contributed by atoms with van der Waals surface area (Å²) < 4.78 is 10.1. The van der Waals surface area contributed by atoms with Gasteiger partial charge in [0, 0.05) is 46.0 Å². The SMILES string of the molecule is CCOC(=O)CC[C@H](NC(=O)c1ccc(S)c(C(C)c2c[nH]c3ncncc23)c1C(=O)C(C)(C)C)C(=O)OCC. The van der Waals surface area contributed by atoms with Gasteiger partial charge in [-0.1, -0.05) is 27.7 Å². The fourth-order valence-corrected chi connectivity index (χ4v) is 4.85. The van der Waals surface area contributed by atoms with Gasteiger partial charge in [-0.15, -0.1) is 12.6 Å². The van der Waals surface area contributed by atoms with E-state index < -0.39 is 29.3 Å². The number of nitrogens with one attached hydrogen (secondary N) is 2. The highest BCUT2D eigenvalue weighted by molar-refractivity contribution is 7.80. The molecule has 0 bridgehead atoms. The van der Waals surface area contributed by atoms with Crippen LogP contribution >= 0.6 is 12.6 Å². The Hall–Kier alpha value is -3.73. The molecule has 2 atom stereocenters. The highest BCUT2D eigenvalue weighted by atomic mass is 32.1. The first-order chi connectivity index (χ1) is 18.9. The van der Waals surface area contributed by atoms with Crippen molar-refractivity contribution in [3.63, 3.8) is 0 Å². The normalized spacial score (nSPS) is 13.0. The van der Waals surface area contributed by atoms with Crippen molar-refractivity contribution in [2.45, 2.75) is 71.2 Å². The van der Waals surface area contributed by atoms with Gasteiger partial charge in [0.15, 0.2) is 5.78 Å². The predicted octanol–water partition coefficient (Wildman–Crippen LogP) is 4.63. The fourth-order valence-electron chi connectivity index (χ4n) is 4.47. The molecule has 2 heterocycles. The summed E-state index contributed by atoms with van der Waals surface area (Å²) in [6, 6.07) is 2.07. The second-order valence-corrected chi connectivity index (χ2v) is 10.9. The number of carbonyl (C=O) groups excluding carboxylic acids is 4. The Morgan fingerprint density at radius 1 is 1.10 bits per heavy atom. The molecule has 40 heavy (non-hydrogen) atoms. The van der Waals surface area contributed by atoms with Gasteiger partial charge in [-0.3, -0.25) is 14.4 Å². The van der Waals surface area contributed by atoms with Gasteiger partial charge in [0.2, 0.25) is 0 Å². The van der Waals surface area contributed by atoms with Crippen LogP contribution in [-0.2, 0) is 19.1 Å². The van der Waals surface area contributed by atoms with E-state index in [1.165, 1.54) is 12.4 Å². The summed E-state index contributed by atoms with van der Waals surface area (Å²) >= 11 is 4.69. The Balaban J connectivity index is 2.10. The number of ether oxygens (including phenoxy) is 2. The third-order valence-electron chi connectivity index (χ3n) is 6.48. The average Bonchev–Trinajstić information content (AvgIpc) is 3.34. The molecule has 1 amide bonds. The maximum absolute atomic E-state index is 13.9. The van der Waals surface area contributed by atoms with Crippen LogP contribution in [0.5, 0.6) is 0 Å². The maximum atomic E-state index is 13.9. The lowest BCUT2D eigenvalue weighted by Crippen LogP contribution is -2.43. The molecule has 2 aromatic heterocycles. The van der Waals surface area contributed by atoms with Gasteiger partial charge in [0.1, 0.15) is 18.0 Å². The minimum atomic E-state index is -1.11. The molecule has 10 nitrogen and oxygen atoms in total. The molecular formula is C29H36N4O6S. The molecule has 1 aromatic carbocycles. The summed E-state index contributed by atoms with van der Waals surface area (Å²) in [6.45, 7) is 10.9. The summed E-state index contributed by atoms with van der Waals surface area (Å²) in [6.07, 6.45) is 4.83. The smallest absolute Gasteiger partial charge is 0.328 e. The van der Waals surface area contributed by atoms with Crippen LogP contribution in [0.25, 0.3) is 11.0 Å². The molecule has 0 aliphatic carbocycles. The van der Waals surface area contributed by atoms with E-state index >= 15 is 0 Å². The van der Waals surface area contributed by atoms with Crippen molar-refractivity contribution in [1.29, 1.82) is 0 Å². The van der Waals surface area contributed by atoms with Crippen LogP contribution in [0.2, 0.25) is 0 Å². The zero-order valence-corrected chi connectivity index (χ0v) is 24.6. The van der Waals surface area contributed by atoms with Crippen molar-refractivity contribution < 1.29 is 28.7 Å². The first-order valence-corrected chi connectivity index (χ1v) is 13.7. The van der Waals surface area contributed by atoms with Crippen molar-refractivity contribution in [1.82, 2.24) is 20.3 Å². The van der Waals surface area contributed by atoms with Crippen molar-refractivity contribution in [2.24, 2.45) is 5.41 Å². The summed E-state index contributed by atoms with van der Waals surface area (Å²) in [5.74, 6) is -2.44. The molecule has 0 saturated carbocycles.